The van der Waals surface area contributed by atoms with Crippen molar-refractivity contribution in [3.63, 3.8) is 0 Å². The summed E-state index contributed by atoms with van der Waals surface area (Å²) in [4.78, 5) is 16.1. The molecule has 0 aliphatic carbocycles. The number of amides is 1. The Hall–Kier alpha value is -0.590. The van der Waals surface area contributed by atoms with Gasteiger partial charge < -0.3 is 14.4 Å². The smallest absolute Gasteiger partial charge is 0.410 e. The molecule has 25 heavy (non-hydrogen) atoms. The number of carbonyl (C=O) groups is 1. The number of nitriles is 1. The first-order chi connectivity index (χ1) is 11.3. The molecule has 6 nitrogen and oxygen atoms in total. The van der Waals surface area contributed by atoms with Gasteiger partial charge in [0, 0.05) is 13.6 Å². The van der Waals surface area contributed by atoms with Gasteiger partial charge in [-0.2, -0.15) is 5.26 Å². The van der Waals surface area contributed by atoms with Gasteiger partial charge in [-0.25, -0.2) is 4.79 Å². The van der Waals surface area contributed by atoms with Gasteiger partial charge in [0.05, 0.1) is 18.7 Å². The van der Waals surface area contributed by atoms with Gasteiger partial charge >= 0.3 is 6.09 Å². The van der Waals surface area contributed by atoms with Crippen LogP contribution in [0.4, 0.5) is 4.79 Å². The number of halogens is 1. The molecule has 2 saturated heterocycles. The van der Waals surface area contributed by atoms with Crippen LogP contribution < -0.4 is 0 Å². The molecule has 0 saturated carbocycles. The first-order valence-corrected chi connectivity index (χ1v) is 8.99. The Morgan fingerprint density at radius 3 is 2.52 bits per heavy atom. The minimum Gasteiger partial charge on any atom is -0.444 e. The van der Waals surface area contributed by atoms with E-state index in [0.29, 0.717) is 12.5 Å². The summed E-state index contributed by atoms with van der Waals surface area (Å²) in [6, 6.07) is 2.54. The van der Waals surface area contributed by atoms with Crippen LogP contribution in [0.1, 0.15) is 46.5 Å². The molecule has 2 aliphatic heterocycles. The van der Waals surface area contributed by atoms with Gasteiger partial charge in [0.2, 0.25) is 0 Å². The monoisotopic (exact) mass is 465 g/mol. The van der Waals surface area contributed by atoms with Gasteiger partial charge in [-0.15, -0.1) is 24.0 Å². The highest BCUT2D eigenvalue weighted by Gasteiger charge is 2.35. The molecule has 0 unspecified atom stereocenters. The van der Waals surface area contributed by atoms with E-state index >= 15 is 0 Å². The lowest BCUT2D eigenvalue weighted by Crippen LogP contribution is -2.45. The Morgan fingerprint density at radius 1 is 1.32 bits per heavy atom. The molecule has 0 aromatic heterocycles. The molecule has 2 rings (SSSR count). The fourth-order valence-electron chi connectivity index (χ4n) is 3.46. The van der Waals surface area contributed by atoms with E-state index in [1.54, 1.807) is 11.9 Å². The number of piperidine rings is 1. The molecule has 0 aromatic rings. The van der Waals surface area contributed by atoms with Gasteiger partial charge in [-0.3, -0.25) is 4.90 Å². The highest BCUT2D eigenvalue weighted by Crippen LogP contribution is 2.27. The maximum absolute atomic E-state index is 12.0. The Kier molecular flexibility index (Phi) is 8.92. The SMILES string of the molecule is CN(CCC1CCN([C@@H]2CCO[C@@H]2C#N)CC1)C(=O)OC(C)(C)C.I. The minimum atomic E-state index is -0.447. The topological polar surface area (TPSA) is 65.8 Å². The number of carbonyl (C=O) groups excluding carboxylic acids is 1. The van der Waals surface area contributed by atoms with Crippen LogP contribution >= 0.6 is 24.0 Å². The number of likely N-dealkylation sites (tertiary alicyclic amines) is 1. The molecule has 0 N–H and O–H groups in total. The maximum Gasteiger partial charge on any atom is 0.410 e. The number of hydrogen-bond donors (Lipinski definition) is 0. The van der Waals surface area contributed by atoms with Crippen LogP contribution in [0.25, 0.3) is 0 Å². The van der Waals surface area contributed by atoms with Gasteiger partial charge in [0.25, 0.3) is 0 Å². The predicted octanol–water partition coefficient (Wildman–Crippen LogP) is 3.25. The molecule has 2 atom stereocenters. The second kappa shape index (κ2) is 9.93. The standard InChI is InChI=1S/C18H31N3O3.HI/c1-18(2,3)24-17(22)20(4)9-5-14-6-10-21(11-7-14)15-8-12-23-16(15)13-19;/h14-16H,5-12H2,1-4H3;1H/t15-,16-;/m1./s1. The second-order valence-electron chi connectivity index (χ2n) is 7.95. The van der Waals surface area contributed by atoms with Crippen LogP contribution in [-0.2, 0) is 9.47 Å². The summed E-state index contributed by atoms with van der Waals surface area (Å²) in [6.45, 7) is 9.12. The third-order valence-electron chi connectivity index (χ3n) is 4.88. The van der Waals surface area contributed by atoms with Crippen LogP contribution in [0, 0.1) is 17.2 Å². The molecule has 0 aromatic carbocycles. The van der Waals surface area contributed by atoms with E-state index in [0.717, 1.165) is 45.3 Å². The first kappa shape index (κ1) is 22.5. The van der Waals surface area contributed by atoms with Crippen molar-refractivity contribution in [2.24, 2.45) is 5.92 Å². The summed E-state index contributed by atoms with van der Waals surface area (Å²) in [6.07, 6.45) is 3.70. The zero-order valence-corrected chi connectivity index (χ0v) is 18.2. The highest BCUT2D eigenvalue weighted by atomic mass is 127. The molecule has 0 radical (unpaired) electrons. The zero-order valence-electron chi connectivity index (χ0n) is 15.9. The second-order valence-corrected chi connectivity index (χ2v) is 7.95. The van der Waals surface area contributed by atoms with Crippen molar-refractivity contribution in [3.8, 4) is 6.07 Å². The molecule has 2 heterocycles. The fraction of sp³-hybridized carbons (Fsp3) is 0.889. The first-order valence-electron chi connectivity index (χ1n) is 8.99. The van der Waals surface area contributed by atoms with Crippen LogP contribution in [0.15, 0.2) is 0 Å². The number of hydrogen-bond acceptors (Lipinski definition) is 5. The van der Waals surface area contributed by atoms with Crippen molar-refractivity contribution in [1.82, 2.24) is 9.80 Å². The summed E-state index contributed by atoms with van der Waals surface area (Å²) < 4.78 is 10.9. The van der Waals surface area contributed by atoms with Crippen LogP contribution in [0.3, 0.4) is 0 Å². The summed E-state index contributed by atoms with van der Waals surface area (Å²) in [5.41, 5.74) is -0.447. The number of rotatable bonds is 4. The Bertz CT molecular complexity index is 467. The van der Waals surface area contributed by atoms with Crippen molar-refractivity contribution in [3.05, 3.63) is 0 Å². The Balaban J connectivity index is 0.00000312. The molecule has 0 spiro atoms. The molecular weight excluding hydrogens is 433 g/mol. The van der Waals surface area contributed by atoms with Gasteiger partial charge in [-0.05, 0) is 65.5 Å². The fourth-order valence-corrected chi connectivity index (χ4v) is 3.46. The van der Waals surface area contributed by atoms with Crippen molar-refractivity contribution in [1.29, 1.82) is 5.26 Å². The van der Waals surface area contributed by atoms with E-state index in [2.05, 4.69) is 11.0 Å². The lowest BCUT2D eigenvalue weighted by Gasteiger charge is -2.36. The average Bonchev–Trinajstić information content (AvgIpc) is 3.00. The van der Waals surface area contributed by atoms with Crippen molar-refractivity contribution in [2.45, 2.75) is 64.2 Å². The maximum atomic E-state index is 12.0. The summed E-state index contributed by atoms with van der Waals surface area (Å²) in [5.74, 6) is 0.633. The van der Waals surface area contributed by atoms with Crippen LogP contribution in [-0.4, -0.2) is 66.9 Å². The average molecular weight is 465 g/mol. The Labute approximate surface area is 168 Å². The van der Waals surface area contributed by atoms with Gasteiger partial charge in [0.15, 0.2) is 6.10 Å². The highest BCUT2D eigenvalue weighted by molar-refractivity contribution is 14.0. The molecule has 144 valence electrons. The predicted molar refractivity (Wildman–Crippen MR) is 107 cm³/mol. The third-order valence-corrected chi connectivity index (χ3v) is 4.88. The van der Waals surface area contributed by atoms with E-state index in [1.807, 2.05) is 20.8 Å². The summed E-state index contributed by atoms with van der Waals surface area (Å²) in [7, 11) is 1.80. The van der Waals surface area contributed by atoms with E-state index in [-0.39, 0.29) is 42.2 Å². The normalized spacial score (nSPS) is 25.1. The van der Waals surface area contributed by atoms with E-state index in [4.69, 9.17) is 14.7 Å². The minimum absolute atomic E-state index is 0. The summed E-state index contributed by atoms with van der Waals surface area (Å²) in [5, 5.41) is 9.15. The largest absolute Gasteiger partial charge is 0.444 e. The molecule has 2 aliphatic rings. The lowest BCUT2D eigenvalue weighted by atomic mass is 9.92. The van der Waals surface area contributed by atoms with E-state index in [9.17, 15) is 4.79 Å². The van der Waals surface area contributed by atoms with Crippen LogP contribution in [0.5, 0.6) is 0 Å². The van der Waals surface area contributed by atoms with Crippen molar-refractivity contribution in [2.75, 3.05) is 33.3 Å². The zero-order chi connectivity index (χ0) is 17.7. The number of ether oxygens (including phenoxy) is 2. The molecule has 7 heteroatoms. The molecule has 0 bridgehead atoms. The quantitative estimate of drug-likeness (QED) is 0.597. The molecule has 1 amide bonds. The van der Waals surface area contributed by atoms with Gasteiger partial charge in [-0.1, -0.05) is 0 Å². The summed E-state index contributed by atoms with van der Waals surface area (Å²) >= 11 is 0. The van der Waals surface area contributed by atoms with Gasteiger partial charge in [0.1, 0.15) is 5.60 Å². The van der Waals surface area contributed by atoms with Crippen molar-refractivity contribution < 1.29 is 14.3 Å². The van der Waals surface area contributed by atoms with Crippen molar-refractivity contribution >= 4 is 30.1 Å². The van der Waals surface area contributed by atoms with Crippen LogP contribution in [0.2, 0.25) is 0 Å². The van der Waals surface area contributed by atoms with E-state index < -0.39 is 5.60 Å². The number of nitrogens with zero attached hydrogens (tertiary/aromatic N) is 3. The van der Waals surface area contributed by atoms with E-state index in [1.165, 1.54) is 0 Å². The Morgan fingerprint density at radius 2 is 1.96 bits per heavy atom. The molecule has 2 fully saturated rings. The lowest BCUT2D eigenvalue weighted by molar-refractivity contribution is 0.0278. The third kappa shape index (κ3) is 6.91. The molecular formula is C18H32IN3O3.